The monoisotopic (exact) mass is 161 g/mol. The van der Waals surface area contributed by atoms with Gasteiger partial charge in [-0.3, -0.25) is 0 Å². The second-order valence-corrected chi connectivity index (χ2v) is 3.13. The minimum atomic E-state index is 0.498. The molecule has 1 N–H and O–H groups in total. The number of rotatable bonds is 2. The van der Waals surface area contributed by atoms with E-state index in [1.54, 1.807) is 0 Å². The fourth-order valence-corrected chi connectivity index (χ4v) is 1.34. The van der Waals surface area contributed by atoms with Gasteiger partial charge >= 0.3 is 0 Å². The average Bonchev–Trinajstić information content (AvgIpc) is 2.92. The molecule has 0 aromatic heterocycles. The van der Waals surface area contributed by atoms with Crippen molar-refractivity contribution in [3.05, 3.63) is 35.9 Å². The SMILES string of the molecule is ON=C(c1ccccc1)C1CC1. The maximum absolute atomic E-state index is 8.78. The third kappa shape index (κ3) is 1.33. The van der Waals surface area contributed by atoms with Crippen molar-refractivity contribution in [2.75, 3.05) is 0 Å². The molecule has 0 saturated heterocycles. The Kier molecular flexibility index (Phi) is 1.82. The maximum atomic E-state index is 8.78. The van der Waals surface area contributed by atoms with Crippen molar-refractivity contribution in [2.24, 2.45) is 11.1 Å². The summed E-state index contributed by atoms with van der Waals surface area (Å²) in [6, 6.07) is 9.85. The molecule has 1 aromatic carbocycles. The van der Waals surface area contributed by atoms with E-state index in [1.165, 1.54) is 0 Å². The van der Waals surface area contributed by atoms with Gasteiger partial charge in [-0.15, -0.1) is 0 Å². The molecule has 62 valence electrons. The molecule has 0 unspecified atom stereocenters. The van der Waals surface area contributed by atoms with Gasteiger partial charge in [0, 0.05) is 5.92 Å². The first-order chi connectivity index (χ1) is 5.92. The van der Waals surface area contributed by atoms with Crippen LogP contribution in [0.25, 0.3) is 0 Å². The van der Waals surface area contributed by atoms with Crippen LogP contribution in [0.3, 0.4) is 0 Å². The zero-order chi connectivity index (χ0) is 8.39. The Bertz CT molecular complexity index is 288. The van der Waals surface area contributed by atoms with Gasteiger partial charge in [-0.05, 0) is 18.4 Å². The Labute approximate surface area is 71.5 Å². The molecule has 2 nitrogen and oxygen atoms in total. The predicted octanol–water partition coefficient (Wildman–Crippen LogP) is 2.27. The van der Waals surface area contributed by atoms with Crippen molar-refractivity contribution < 1.29 is 5.21 Å². The molecule has 0 radical (unpaired) electrons. The number of benzene rings is 1. The Morgan fingerprint density at radius 1 is 1.25 bits per heavy atom. The van der Waals surface area contributed by atoms with Crippen LogP contribution in [0.5, 0.6) is 0 Å². The molecule has 1 saturated carbocycles. The molecule has 0 amide bonds. The maximum Gasteiger partial charge on any atom is 0.0898 e. The molecule has 2 rings (SSSR count). The van der Waals surface area contributed by atoms with Gasteiger partial charge < -0.3 is 5.21 Å². The van der Waals surface area contributed by atoms with E-state index in [0.29, 0.717) is 5.92 Å². The van der Waals surface area contributed by atoms with Gasteiger partial charge in [-0.25, -0.2) is 0 Å². The van der Waals surface area contributed by atoms with Crippen LogP contribution in [0.2, 0.25) is 0 Å². The summed E-state index contributed by atoms with van der Waals surface area (Å²) in [5.41, 5.74) is 1.89. The standard InChI is InChI=1S/C10H11NO/c12-11-10(9-6-7-9)8-4-2-1-3-5-8/h1-5,9,12H,6-7H2. The lowest BCUT2D eigenvalue weighted by atomic mass is 10.1. The Hall–Kier alpha value is -1.31. The molecule has 0 aliphatic heterocycles. The third-order valence-corrected chi connectivity index (χ3v) is 2.14. The van der Waals surface area contributed by atoms with Crippen LogP contribution in [0, 0.1) is 5.92 Å². The second-order valence-electron chi connectivity index (χ2n) is 3.13. The quantitative estimate of drug-likeness (QED) is 0.403. The molecule has 0 heterocycles. The minimum absolute atomic E-state index is 0.498. The van der Waals surface area contributed by atoms with Crippen LogP contribution in [-0.2, 0) is 0 Å². The Balaban J connectivity index is 2.28. The van der Waals surface area contributed by atoms with Crippen LogP contribution < -0.4 is 0 Å². The summed E-state index contributed by atoms with van der Waals surface area (Å²) in [6.45, 7) is 0. The highest BCUT2D eigenvalue weighted by atomic mass is 16.4. The Morgan fingerprint density at radius 2 is 1.92 bits per heavy atom. The molecule has 1 aromatic rings. The smallest absolute Gasteiger partial charge is 0.0898 e. The van der Waals surface area contributed by atoms with Gasteiger partial charge in [-0.2, -0.15) is 0 Å². The van der Waals surface area contributed by atoms with Crippen LogP contribution in [0.1, 0.15) is 18.4 Å². The van der Waals surface area contributed by atoms with E-state index in [-0.39, 0.29) is 0 Å². The number of hydrogen-bond acceptors (Lipinski definition) is 2. The summed E-state index contributed by atoms with van der Waals surface area (Å²) >= 11 is 0. The summed E-state index contributed by atoms with van der Waals surface area (Å²) in [6.07, 6.45) is 2.32. The van der Waals surface area contributed by atoms with Crippen LogP contribution in [-0.4, -0.2) is 10.9 Å². The highest BCUT2D eigenvalue weighted by Crippen LogP contribution is 2.33. The lowest BCUT2D eigenvalue weighted by molar-refractivity contribution is 0.317. The summed E-state index contributed by atoms with van der Waals surface area (Å²) in [5.74, 6) is 0.498. The fourth-order valence-electron chi connectivity index (χ4n) is 1.34. The first-order valence-electron chi connectivity index (χ1n) is 4.19. The van der Waals surface area contributed by atoms with E-state index in [2.05, 4.69) is 5.16 Å². The van der Waals surface area contributed by atoms with Crippen LogP contribution in [0.15, 0.2) is 35.5 Å². The number of oxime groups is 1. The van der Waals surface area contributed by atoms with E-state index < -0.39 is 0 Å². The van der Waals surface area contributed by atoms with Crippen molar-refractivity contribution >= 4 is 5.71 Å². The highest BCUT2D eigenvalue weighted by molar-refractivity contribution is 6.03. The first-order valence-corrected chi connectivity index (χ1v) is 4.19. The zero-order valence-corrected chi connectivity index (χ0v) is 6.77. The van der Waals surface area contributed by atoms with Gasteiger partial charge in [0.2, 0.25) is 0 Å². The van der Waals surface area contributed by atoms with Crippen molar-refractivity contribution in [3.63, 3.8) is 0 Å². The third-order valence-electron chi connectivity index (χ3n) is 2.14. The molecule has 1 fully saturated rings. The second kappa shape index (κ2) is 2.97. The number of nitrogens with zero attached hydrogens (tertiary/aromatic N) is 1. The molecule has 0 bridgehead atoms. The highest BCUT2D eigenvalue weighted by Gasteiger charge is 2.28. The van der Waals surface area contributed by atoms with Gasteiger partial charge in [0.15, 0.2) is 0 Å². The van der Waals surface area contributed by atoms with Crippen molar-refractivity contribution in [1.82, 2.24) is 0 Å². The molecular weight excluding hydrogens is 150 g/mol. The van der Waals surface area contributed by atoms with E-state index in [1.807, 2.05) is 30.3 Å². The molecule has 2 heteroatoms. The van der Waals surface area contributed by atoms with Crippen LogP contribution in [0.4, 0.5) is 0 Å². The fraction of sp³-hybridized carbons (Fsp3) is 0.300. The molecule has 0 spiro atoms. The molecule has 1 aliphatic carbocycles. The van der Waals surface area contributed by atoms with E-state index in [0.717, 1.165) is 24.1 Å². The minimum Gasteiger partial charge on any atom is -0.411 e. The van der Waals surface area contributed by atoms with E-state index in [4.69, 9.17) is 5.21 Å². The lowest BCUT2D eigenvalue weighted by Gasteiger charge is -2.00. The van der Waals surface area contributed by atoms with Gasteiger partial charge in [0.05, 0.1) is 5.71 Å². The Morgan fingerprint density at radius 3 is 2.42 bits per heavy atom. The summed E-state index contributed by atoms with van der Waals surface area (Å²) < 4.78 is 0. The predicted molar refractivity (Wildman–Crippen MR) is 47.5 cm³/mol. The summed E-state index contributed by atoms with van der Waals surface area (Å²) in [5, 5.41) is 12.1. The molecular formula is C10H11NO. The van der Waals surface area contributed by atoms with Crippen molar-refractivity contribution in [2.45, 2.75) is 12.8 Å². The topological polar surface area (TPSA) is 32.6 Å². The van der Waals surface area contributed by atoms with E-state index >= 15 is 0 Å². The van der Waals surface area contributed by atoms with Crippen molar-refractivity contribution in [1.29, 1.82) is 0 Å². The van der Waals surface area contributed by atoms with E-state index in [9.17, 15) is 0 Å². The largest absolute Gasteiger partial charge is 0.411 e. The molecule has 0 atom stereocenters. The van der Waals surface area contributed by atoms with Crippen LogP contribution >= 0.6 is 0 Å². The van der Waals surface area contributed by atoms with Gasteiger partial charge in [0.25, 0.3) is 0 Å². The van der Waals surface area contributed by atoms with Crippen molar-refractivity contribution in [3.8, 4) is 0 Å². The van der Waals surface area contributed by atoms with Gasteiger partial charge in [-0.1, -0.05) is 35.5 Å². The lowest BCUT2D eigenvalue weighted by Crippen LogP contribution is -2.02. The zero-order valence-electron chi connectivity index (χ0n) is 6.77. The molecule has 1 aliphatic rings. The number of hydrogen-bond donors (Lipinski definition) is 1. The molecule has 12 heavy (non-hydrogen) atoms. The normalized spacial score (nSPS) is 17.8. The van der Waals surface area contributed by atoms with Gasteiger partial charge in [0.1, 0.15) is 0 Å². The first kappa shape index (κ1) is 7.35. The summed E-state index contributed by atoms with van der Waals surface area (Å²) in [4.78, 5) is 0. The summed E-state index contributed by atoms with van der Waals surface area (Å²) in [7, 11) is 0. The average molecular weight is 161 g/mol.